The zero-order chi connectivity index (χ0) is 12.8. The highest BCUT2D eigenvalue weighted by molar-refractivity contribution is 5.04. The molecule has 0 bridgehead atoms. The van der Waals surface area contributed by atoms with Crippen molar-refractivity contribution < 1.29 is 4.74 Å². The van der Waals surface area contributed by atoms with Crippen molar-refractivity contribution in [1.29, 1.82) is 0 Å². The minimum Gasteiger partial charge on any atom is -0.381 e. The minimum absolute atomic E-state index is 0.579. The number of ether oxygens (including phenoxy) is 1. The van der Waals surface area contributed by atoms with Crippen molar-refractivity contribution >= 4 is 0 Å². The van der Waals surface area contributed by atoms with Gasteiger partial charge in [0.1, 0.15) is 0 Å². The molecule has 18 heavy (non-hydrogen) atoms. The third-order valence-electron chi connectivity index (χ3n) is 3.73. The van der Waals surface area contributed by atoms with E-state index in [1.165, 1.54) is 24.8 Å². The van der Waals surface area contributed by atoms with Crippen LogP contribution >= 0.6 is 0 Å². The molecule has 1 aromatic rings. The molecule has 0 aromatic carbocycles. The number of aryl methyl sites for hydroxylation is 2. The molecule has 2 heterocycles. The van der Waals surface area contributed by atoms with Gasteiger partial charge in [-0.05, 0) is 43.7 Å². The first-order chi connectivity index (χ1) is 8.79. The summed E-state index contributed by atoms with van der Waals surface area (Å²) in [5.74, 6) is 0.676. The lowest BCUT2D eigenvalue weighted by molar-refractivity contribution is 0.0382. The second-order valence-electron chi connectivity index (χ2n) is 5.20. The first-order valence-corrected chi connectivity index (χ1v) is 7.08. The van der Waals surface area contributed by atoms with E-state index in [4.69, 9.17) is 4.74 Å². The van der Waals surface area contributed by atoms with Gasteiger partial charge in [0.2, 0.25) is 0 Å². The summed E-state index contributed by atoms with van der Waals surface area (Å²) < 4.78 is 7.49. The number of nitrogens with one attached hydrogen (secondary N) is 1. The summed E-state index contributed by atoms with van der Waals surface area (Å²) in [6, 6.07) is 0.579. The lowest BCUT2D eigenvalue weighted by Gasteiger charge is -2.30. The molecule has 1 saturated heterocycles. The van der Waals surface area contributed by atoms with Crippen molar-refractivity contribution in [3.8, 4) is 0 Å². The van der Waals surface area contributed by atoms with Gasteiger partial charge in [-0.3, -0.25) is 4.68 Å². The Bertz CT molecular complexity index is 345. The summed E-state index contributed by atoms with van der Waals surface area (Å²) in [7, 11) is 1.97. The second-order valence-corrected chi connectivity index (χ2v) is 5.20. The van der Waals surface area contributed by atoms with Gasteiger partial charge >= 0.3 is 0 Å². The number of hydrogen-bond donors (Lipinski definition) is 1. The highest BCUT2D eigenvalue weighted by Gasteiger charge is 2.23. The summed E-state index contributed by atoms with van der Waals surface area (Å²) in [6.45, 7) is 5.08. The van der Waals surface area contributed by atoms with Gasteiger partial charge in [-0.25, -0.2) is 0 Å². The van der Waals surface area contributed by atoms with Crippen molar-refractivity contribution in [3.05, 3.63) is 18.0 Å². The number of rotatable bonds is 6. The molecule has 2 unspecified atom stereocenters. The summed E-state index contributed by atoms with van der Waals surface area (Å²) in [4.78, 5) is 0. The van der Waals surface area contributed by atoms with Crippen molar-refractivity contribution in [2.75, 3.05) is 19.8 Å². The Labute approximate surface area is 110 Å². The van der Waals surface area contributed by atoms with E-state index in [9.17, 15) is 0 Å². The first kappa shape index (κ1) is 13.6. The molecule has 0 radical (unpaired) electrons. The Morgan fingerprint density at radius 1 is 1.61 bits per heavy atom. The Kier molecular flexibility index (Phi) is 5.20. The van der Waals surface area contributed by atoms with Crippen molar-refractivity contribution in [2.24, 2.45) is 13.0 Å². The van der Waals surface area contributed by atoms with Gasteiger partial charge in [-0.2, -0.15) is 5.10 Å². The number of aromatic nitrogens is 2. The maximum atomic E-state index is 5.61. The van der Waals surface area contributed by atoms with E-state index < -0.39 is 0 Å². The van der Waals surface area contributed by atoms with Crippen LogP contribution < -0.4 is 5.32 Å². The molecular weight excluding hydrogens is 226 g/mol. The highest BCUT2D eigenvalue weighted by Crippen LogP contribution is 2.20. The fraction of sp³-hybridized carbons (Fsp3) is 0.786. The normalized spacial score (nSPS) is 22.0. The van der Waals surface area contributed by atoms with Crippen molar-refractivity contribution in [3.63, 3.8) is 0 Å². The van der Waals surface area contributed by atoms with E-state index in [-0.39, 0.29) is 0 Å². The fourth-order valence-corrected chi connectivity index (χ4v) is 2.77. The standard InChI is InChI=1S/C14H25N3O/c1-3-15-14(13-5-4-8-18-11-13)7-6-12-9-16-17(2)10-12/h9-10,13-15H,3-8,11H2,1-2H3. The van der Waals surface area contributed by atoms with E-state index >= 15 is 0 Å². The van der Waals surface area contributed by atoms with Crippen LogP contribution in [0.5, 0.6) is 0 Å². The predicted octanol–water partition coefficient (Wildman–Crippen LogP) is 1.76. The molecule has 0 aliphatic carbocycles. The third-order valence-corrected chi connectivity index (χ3v) is 3.73. The number of nitrogens with zero attached hydrogens (tertiary/aromatic N) is 2. The van der Waals surface area contributed by atoms with Gasteiger partial charge in [0.25, 0.3) is 0 Å². The van der Waals surface area contributed by atoms with Crippen molar-refractivity contribution in [2.45, 2.75) is 38.6 Å². The molecule has 0 spiro atoms. The average Bonchev–Trinajstić information content (AvgIpc) is 2.81. The largest absolute Gasteiger partial charge is 0.381 e. The topological polar surface area (TPSA) is 39.1 Å². The van der Waals surface area contributed by atoms with Gasteiger partial charge in [0, 0.05) is 25.9 Å². The molecule has 1 fully saturated rings. The molecule has 1 aromatic heterocycles. The maximum absolute atomic E-state index is 5.61. The van der Waals surface area contributed by atoms with Crippen LogP contribution in [0.4, 0.5) is 0 Å². The molecule has 2 atom stereocenters. The lowest BCUT2D eigenvalue weighted by Crippen LogP contribution is -2.40. The molecule has 1 N–H and O–H groups in total. The monoisotopic (exact) mass is 251 g/mol. The second kappa shape index (κ2) is 6.90. The Morgan fingerprint density at radius 3 is 3.11 bits per heavy atom. The highest BCUT2D eigenvalue weighted by atomic mass is 16.5. The molecule has 1 aliphatic heterocycles. The first-order valence-electron chi connectivity index (χ1n) is 7.08. The van der Waals surface area contributed by atoms with Crippen LogP contribution in [0.15, 0.2) is 12.4 Å². The van der Waals surface area contributed by atoms with E-state index in [0.717, 1.165) is 26.2 Å². The molecule has 1 aliphatic rings. The van der Waals surface area contributed by atoms with Crippen molar-refractivity contribution in [1.82, 2.24) is 15.1 Å². The fourth-order valence-electron chi connectivity index (χ4n) is 2.77. The zero-order valence-electron chi connectivity index (χ0n) is 11.6. The van der Waals surface area contributed by atoms with E-state index in [2.05, 4.69) is 23.5 Å². The van der Waals surface area contributed by atoms with Gasteiger partial charge in [-0.1, -0.05) is 6.92 Å². The maximum Gasteiger partial charge on any atom is 0.0521 e. The third kappa shape index (κ3) is 3.82. The summed E-state index contributed by atoms with van der Waals surface area (Å²) >= 11 is 0. The van der Waals surface area contributed by atoms with E-state index in [1.807, 2.05) is 17.9 Å². The zero-order valence-corrected chi connectivity index (χ0v) is 11.6. The predicted molar refractivity (Wildman–Crippen MR) is 72.5 cm³/mol. The molecule has 0 amide bonds. The van der Waals surface area contributed by atoms with Crippen LogP contribution in [0.3, 0.4) is 0 Å². The quantitative estimate of drug-likeness (QED) is 0.837. The molecular formula is C14H25N3O. The number of hydrogen-bond acceptors (Lipinski definition) is 3. The van der Waals surface area contributed by atoms with Crippen LogP contribution in [-0.4, -0.2) is 35.6 Å². The lowest BCUT2D eigenvalue weighted by atomic mass is 9.90. The van der Waals surface area contributed by atoms with E-state index in [0.29, 0.717) is 12.0 Å². The van der Waals surface area contributed by atoms with Crippen LogP contribution in [-0.2, 0) is 18.2 Å². The van der Waals surface area contributed by atoms with Gasteiger partial charge < -0.3 is 10.1 Å². The Balaban J connectivity index is 1.85. The molecule has 102 valence electrons. The van der Waals surface area contributed by atoms with Gasteiger partial charge in [-0.15, -0.1) is 0 Å². The summed E-state index contributed by atoms with van der Waals surface area (Å²) in [5.41, 5.74) is 1.33. The molecule has 4 nitrogen and oxygen atoms in total. The molecule has 2 rings (SSSR count). The molecule has 4 heteroatoms. The minimum atomic E-state index is 0.579. The van der Waals surface area contributed by atoms with Crippen LogP contribution in [0.25, 0.3) is 0 Å². The van der Waals surface area contributed by atoms with Crippen LogP contribution in [0.2, 0.25) is 0 Å². The van der Waals surface area contributed by atoms with E-state index in [1.54, 1.807) is 0 Å². The Morgan fingerprint density at radius 2 is 2.50 bits per heavy atom. The average molecular weight is 251 g/mol. The Hall–Kier alpha value is -0.870. The van der Waals surface area contributed by atoms with Crippen LogP contribution in [0.1, 0.15) is 31.7 Å². The van der Waals surface area contributed by atoms with Crippen LogP contribution in [0, 0.1) is 5.92 Å². The summed E-state index contributed by atoms with van der Waals surface area (Å²) in [6.07, 6.45) is 8.86. The SMILES string of the molecule is CCNC(CCc1cnn(C)c1)C1CCCOC1. The van der Waals surface area contributed by atoms with Gasteiger partial charge in [0.15, 0.2) is 0 Å². The summed E-state index contributed by atoms with van der Waals surface area (Å²) in [5, 5.41) is 7.85. The smallest absolute Gasteiger partial charge is 0.0521 e. The molecule has 0 saturated carbocycles. The van der Waals surface area contributed by atoms with Gasteiger partial charge in [0.05, 0.1) is 12.8 Å².